The van der Waals surface area contributed by atoms with Crippen molar-refractivity contribution in [2.24, 2.45) is 12.8 Å². The summed E-state index contributed by atoms with van der Waals surface area (Å²) in [6.45, 7) is 5.71. The van der Waals surface area contributed by atoms with E-state index in [2.05, 4.69) is 11.8 Å². The van der Waals surface area contributed by atoms with Gasteiger partial charge in [0.15, 0.2) is 11.5 Å². The van der Waals surface area contributed by atoms with Crippen LogP contribution in [-0.4, -0.2) is 66.7 Å². The van der Waals surface area contributed by atoms with Gasteiger partial charge in [-0.1, -0.05) is 44.6 Å². The van der Waals surface area contributed by atoms with E-state index in [0.29, 0.717) is 48.5 Å². The summed E-state index contributed by atoms with van der Waals surface area (Å²) in [5.74, 6) is 2.25. The van der Waals surface area contributed by atoms with Crippen molar-refractivity contribution in [2.75, 3.05) is 40.4 Å². The second-order valence-corrected chi connectivity index (χ2v) is 11.5. The largest absolute Gasteiger partial charge is 0.493 e. The topological polar surface area (TPSA) is 103 Å². The van der Waals surface area contributed by atoms with Gasteiger partial charge in [0.2, 0.25) is 5.91 Å². The van der Waals surface area contributed by atoms with Crippen molar-refractivity contribution < 1.29 is 18.7 Å². The molecule has 1 atom stereocenters. The van der Waals surface area contributed by atoms with Crippen molar-refractivity contribution in [2.45, 2.75) is 77.3 Å². The summed E-state index contributed by atoms with van der Waals surface area (Å²) in [4.78, 5) is 30.2. The Bertz CT molecular complexity index is 1380. The molecule has 9 heteroatoms. The number of carbonyl (C=O) groups is 1. The molecule has 1 aromatic carbocycles. The summed E-state index contributed by atoms with van der Waals surface area (Å²) in [5.41, 5.74) is 7.71. The number of ether oxygens (including phenoxy) is 2. The quantitative estimate of drug-likeness (QED) is 0.243. The number of benzene rings is 1. The first-order valence-corrected chi connectivity index (χ1v) is 15.4. The normalized spacial score (nSPS) is 15.8. The minimum Gasteiger partial charge on any atom is -0.493 e. The molecule has 2 N–H and O–H groups in total. The summed E-state index contributed by atoms with van der Waals surface area (Å²) < 4.78 is 18.8. The average Bonchev–Trinajstić information content (AvgIpc) is 3.42. The van der Waals surface area contributed by atoms with Crippen LogP contribution in [-0.2, 0) is 18.4 Å². The first-order valence-electron chi connectivity index (χ1n) is 15.4. The van der Waals surface area contributed by atoms with Crippen molar-refractivity contribution in [3.8, 4) is 22.6 Å². The lowest BCUT2D eigenvalue weighted by molar-refractivity contribution is -0.134. The average molecular weight is 581 g/mol. The number of unbranched alkanes of at least 4 members (excludes halogenated alkanes) is 7. The maximum atomic E-state index is 13.0. The van der Waals surface area contributed by atoms with Crippen LogP contribution in [0.25, 0.3) is 22.1 Å². The minimum atomic E-state index is -0.0979. The molecule has 1 aliphatic rings. The number of nitrogens with two attached hydrogens (primary N) is 1. The Kier molecular flexibility index (Phi) is 11.5. The highest BCUT2D eigenvalue weighted by molar-refractivity contribution is 5.92. The maximum Gasteiger partial charge on any atom is 0.261 e. The third-order valence-electron chi connectivity index (χ3n) is 8.42. The Balaban J connectivity index is 1.35. The molecular formula is C33H48N4O5. The first-order chi connectivity index (χ1) is 20.4. The van der Waals surface area contributed by atoms with E-state index in [0.717, 1.165) is 49.2 Å². The molecule has 0 aliphatic carbocycles. The zero-order valence-corrected chi connectivity index (χ0v) is 25.8. The summed E-state index contributed by atoms with van der Waals surface area (Å²) in [6.07, 6.45) is 11.9. The van der Waals surface area contributed by atoms with E-state index in [1.807, 2.05) is 29.2 Å². The van der Waals surface area contributed by atoms with Crippen molar-refractivity contribution in [1.82, 2.24) is 14.4 Å². The van der Waals surface area contributed by atoms with Crippen molar-refractivity contribution in [1.29, 1.82) is 0 Å². The second kappa shape index (κ2) is 15.3. The minimum absolute atomic E-state index is 0.0979. The van der Waals surface area contributed by atoms with Gasteiger partial charge < -0.3 is 29.1 Å². The standard InChI is InChI=1S/C33H48N4O5/c1-24-21-37(31(38)13-11-9-7-5-6-8-10-12-16-34)18-17-36(24)22-26-20-27-32(42-26)28(23-35(2)33(27)39)25-14-15-29(40-3)30(19-25)41-4/h14-15,19-20,23-24H,5-13,16-18,21-22,34H2,1-4H3/t24-/m1/s1. The highest BCUT2D eigenvalue weighted by atomic mass is 16.5. The van der Waals surface area contributed by atoms with Gasteiger partial charge in [0.25, 0.3) is 5.56 Å². The molecule has 1 fully saturated rings. The van der Waals surface area contributed by atoms with E-state index in [-0.39, 0.29) is 17.5 Å². The van der Waals surface area contributed by atoms with Crippen LogP contribution in [0, 0.1) is 0 Å². The molecule has 0 spiro atoms. The van der Waals surface area contributed by atoms with E-state index in [4.69, 9.17) is 19.6 Å². The van der Waals surface area contributed by atoms with Gasteiger partial charge in [-0.25, -0.2) is 0 Å². The smallest absolute Gasteiger partial charge is 0.261 e. The van der Waals surface area contributed by atoms with E-state index < -0.39 is 0 Å². The number of pyridine rings is 1. The van der Waals surface area contributed by atoms with Crippen LogP contribution in [0.3, 0.4) is 0 Å². The van der Waals surface area contributed by atoms with Crippen LogP contribution in [0.2, 0.25) is 0 Å². The molecule has 1 saturated heterocycles. The van der Waals surface area contributed by atoms with Gasteiger partial charge in [0.1, 0.15) is 11.3 Å². The second-order valence-electron chi connectivity index (χ2n) is 11.5. The summed E-state index contributed by atoms with van der Waals surface area (Å²) in [7, 11) is 4.96. The first kappa shape index (κ1) is 31.6. The van der Waals surface area contributed by atoms with Crippen molar-refractivity contribution in [3.63, 3.8) is 0 Å². The number of fused-ring (bicyclic) bond motifs is 1. The number of methoxy groups -OCH3 is 2. The lowest BCUT2D eigenvalue weighted by atomic mass is 10.1. The molecule has 0 bridgehead atoms. The van der Waals surface area contributed by atoms with Crippen LogP contribution in [0.5, 0.6) is 11.5 Å². The fraction of sp³-hybridized carbons (Fsp3) is 0.576. The molecule has 3 aromatic rings. The van der Waals surface area contributed by atoms with Gasteiger partial charge in [-0.15, -0.1) is 0 Å². The molecule has 3 heterocycles. The van der Waals surface area contributed by atoms with Crippen LogP contribution in [0.15, 0.2) is 39.7 Å². The molecule has 9 nitrogen and oxygen atoms in total. The lowest BCUT2D eigenvalue weighted by Gasteiger charge is -2.39. The SMILES string of the molecule is COc1ccc(-c2cn(C)c(=O)c3cc(CN4CCN(C(=O)CCCCCCCCCCN)C[C@H]4C)oc23)cc1OC. The maximum absolute atomic E-state index is 13.0. The number of aromatic nitrogens is 1. The van der Waals surface area contributed by atoms with Crippen molar-refractivity contribution in [3.05, 3.63) is 46.6 Å². The van der Waals surface area contributed by atoms with E-state index in [9.17, 15) is 9.59 Å². The van der Waals surface area contributed by atoms with Gasteiger partial charge in [-0.05, 0) is 50.1 Å². The zero-order valence-electron chi connectivity index (χ0n) is 25.8. The molecule has 0 unspecified atom stereocenters. The van der Waals surface area contributed by atoms with Gasteiger partial charge in [-0.2, -0.15) is 0 Å². The predicted molar refractivity (Wildman–Crippen MR) is 167 cm³/mol. The number of amides is 1. The molecular weight excluding hydrogens is 532 g/mol. The Hall–Kier alpha value is -3.30. The molecule has 1 aliphatic heterocycles. The van der Waals surface area contributed by atoms with E-state index in [1.54, 1.807) is 32.0 Å². The highest BCUT2D eigenvalue weighted by Crippen LogP contribution is 2.35. The molecule has 1 amide bonds. The highest BCUT2D eigenvalue weighted by Gasteiger charge is 2.27. The van der Waals surface area contributed by atoms with Gasteiger partial charge in [0, 0.05) is 50.9 Å². The van der Waals surface area contributed by atoms with Gasteiger partial charge in [0.05, 0.1) is 26.2 Å². The zero-order chi connectivity index (χ0) is 30.1. The third kappa shape index (κ3) is 7.75. The van der Waals surface area contributed by atoms with Crippen LogP contribution < -0.4 is 20.8 Å². The fourth-order valence-corrected chi connectivity index (χ4v) is 5.89. The predicted octanol–water partition coefficient (Wildman–Crippen LogP) is 5.32. The summed E-state index contributed by atoms with van der Waals surface area (Å²) in [6, 6.07) is 7.74. The number of carbonyl (C=O) groups excluding carboxylic acids is 1. The molecule has 0 radical (unpaired) electrons. The van der Waals surface area contributed by atoms with E-state index >= 15 is 0 Å². The molecule has 0 saturated carbocycles. The Morgan fingerprint density at radius 3 is 2.33 bits per heavy atom. The van der Waals surface area contributed by atoms with Gasteiger partial charge >= 0.3 is 0 Å². The Labute approximate surface area is 249 Å². The monoisotopic (exact) mass is 580 g/mol. The Morgan fingerprint density at radius 1 is 0.976 bits per heavy atom. The van der Waals surface area contributed by atoms with E-state index in [1.165, 1.54) is 32.1 Å². The van der Waals surface area contributed by atoms with Crippen LogP contribution >= 0.6 is 0 Å². The van der Waals surface area contributed by atoms with Gasteiger partial charge in [-0.3, -0.25) is 14.5 Å². The molecule has 4 rings (SSSR count). The third-order valence-corrected chi connectivity index (χ3v) is 8.42. The number of hydrogen-bond acceptors (Lipinski definition) is 7. The number of nitrogens with zero attached hydrogens (tertiary/aromatic N) is 3. The molecule has 230 valence electrons. The number of rotatable bonds is 15. The number of hydrogen-bond donors (Lipinski definition) is 1. The van der Waals surface area contributed by atoms with Crippen molar-refractivity contribution >= 4 is 16.9 Å². The number of aryl methyl sites for hydroxylation is 1. The fourth-order valence-electron chi connectivity index (χ4n) is 5.89. The Morgan fingerprint density at radius 2 is 1.67 bits per heavy atom. The summed E-state index contributed by atoms with van der Waals surface area (Å²) >= 11 is 0. The summed E-state index contributed by atoms with van der Waals surface area (Å²) in [5, 5.41) is 0.553. The molecule has 42 heavy (non-hydrogen) atoms. The van der Waals surface area contributed by atoms with Crippen LogP contribution in [0.1, 0.15) is 70.5 Å². The molecule has 2 aromatic heterocycles. The number of furan rings is 1. The van der Waals surface area contributed by atoms with Crippen LogP contribution in [0.4, 0.5) is 0 Å². The lowest BCUT2D eigenvalue weighted by Crippen LogP contribution is -2.53. The number of piperazine rings is 1.